The molecular formula is C14H20FN3O2. The zero-order chi connectivity index (χ0) is 14.7. The first kappa shape index (κ1) is 14.7. The van der Waals surface area contributed by atoms with Gasteiger partial charge >= 0.3 is 0 Å². The van der Waals surface area contributed by atoms with E-state index in [4.69, 9.17) is 0 Å². The van der Waals surface area contributed by atoms with Crippen LogP contribution in [0.1, 0.15) is 25.3 Å². The van der Waals surface area contributed by atoms with Gasteiger partial charge in [0.05, 0.1) is 11.0 Å². The lowest BCUT2D eigenvalue weighted by Gasteiger charge is -2.35. The van der Waals surface area contributed by atoms with Gasteiger partial charge in [-0.1, -0.05) is 0 Å². The Morgan fingerprint density at radius 1 is 1.55 bits per heavy atom. The number of piperidine rings is 1. The molecule has 1 heterocycles. The van der Waals surface area contributed by atoms with E-state index >= 15 is 0 Å². The van der Waals surface area contributed by atoms with Gasteiger partial charge in [0, 0.05) is 19.1 Å². The van der Waals surface area contributed by atoms with Crippen LogP contribution in [0.5, 0.6) is 0 Å². The van der Waals surface area contributed by atoms with Gasteiger partial charge in [-0.3, -0.25) is 10.1 Å². The van der Waals surface area contributed by atoms with Crippen molar-refractivity contribution in [1.29, 1.82) is 0 Å². The highest BCUT2D eigenvalue weighted by molar-refractivity contribution is 5.65. The van der Waals surface area contributed by atoms with Gasteiger partial charge in [-0.2, -0.15) is 0 Å². The fraction of sp³-hybridized carbons (Fsp3) is 0.571. The molecule has 1 aromatic carbocycles. The Balaban J connectivity index is 2.41. The van der Waals surface area contributed by atoms with Crippen molar-refractivity contribution in [2.45, 2.75) is 32.7 Å². The maximum absolute atomic E-state index is 13.6. The summed E-state index contributed by atoms with van der Waals surface area (Å²) in [6.07, 6.45) is 2.05. The van der Waals surface area contributed by atoms with Crippen molar-refractivity contribution in [2.75, 3.05) is 24.5 Å². The molecule has 1 fully saturated rings. The second kappa shape index (κ2) is 6.17. The van der Waals surface area contributed by atoms with Crippen molar-refractivity contribution < 1.29 is 9.31 Å². The van der Waals surface area contributed by atoms with E-state index in [1.807, 2.05) is 11.8 Å². The number of benzene rings is 1. The molecule has 20 heavy (non-hydrogen) atoms. The number of rotatable bonds is 4. The fourth-order valence-corrected chi connectivity index (χ4v) is 2.76. The van der Waals surface area contributed by atoms with E-state index in [2.05, 4.69) is 5.32 Å². The van der Waals surface area contributed by atoms with Gasteiger partial charge in [-0.25, -0.2) is 4.39 Å². The van der Waals surface area contributed by atoms with Crippen LogP contribution < -0.4 is 10.2 Å². The van der Waals surface area contributed by atoms with E-state index in [0.29, 0.717) is 17.8 Å². The third kappa shape index (κ3) is 2.90. The quantitative estimate of drug-likeness (QED) is 0.681. The number of nitro groups is 1. The second-order valence-corrected chi connectivity index (χ2v) is 5.13. The average Bonchev–Trinajstić information content (AvgIpc) is 2.44. The lowest BCUT2D eigenvalue weighted by molar-refractivity contribution is -0.384. The van der Waals surface area contributed by atoms with Crippen LogP contribution in [0, 0.1) is 22.9 Å². The minimum atomic E-state index is -0.529. The highest BCUT2D eigenvalue weighted by atomic mass is 19.1. The third-order valence-electron chi connectivity index (χ3n) is 3.81. The van der Waals surface area contributed by atoms with Crippen LogP contribution in [0.4, 0.5) is 15.8 Å². The summed E-state index contributed by atoms with van der Waals surface area (Å²) in [6.45, 7) is 6.06. The Morgan fingerprint density at radius 3 is 2.85 bits per heavy atom. The molecule has 0 spiro atoms. The van der Waals surface area contributed by atoms with E-state index in [1.165, 1.54) is 0 Å². The number of hydrogen-bond acceptors (Lipinski definition) is 4. The van der Waals surface area contributed by atoms with Crippen LogP contribution in [-0.2, 0) is 0 Å². The number of anilines is 1. The molecule has 1 aliphatic rings. The lowest BCUT2D eigenvalue weighted by Crippen LogP contribution is -2.46. The molecule has 2 rings (SSSR count). The van der Waals surface area contributed by atoms with Crippen LogP contribution in [-0.4, -0.2) is 30.6 Å². The third-order valence-corrected chi connectivity index (χ3v) is 3.81. The molecule has 0 amide bonds. The van der Waals surface area contributed by atoms with Crippen LogP contribution in [0.3, 0.4) is 0 Å². The van der Waals surface area contributed by atoms with Gasteiger partial charge in [-0.05, 0) is 44.9 Å². The average molecular weight is 281 g/mol. The molecule has 0 aromatic heterocycles. The number of nitrogens with one attached hydrogen (secondary N) is 1. The van der Waals surface area contributed by atoms with E-state index in [9.17, 15) is 14.5 Å². The minimum Gasteiger partial charge on any atom is -0.362 e. The van der Waals surface area contributed by atoms with Gasteiger partial charge in [-0.15, -0.1) is 0 Å². The topological polar surface area (TPSA) is 58.4 Å². The molecule has 1 unspecified atom stereocenters. The molecule has 5 nitrogen and oxygen atoms in total. The molecule has 110 valence electrons. The van der Waals surface area contributed by atoms with Crippen LogP contribution >= 0.6 is 0 Å². The monoisotopic (exact) mass is 281 g/mol. The maximum atomic E-state index is 13.6. The van der Waals surface area contributed by atoms with E-state index in [-0.39, 0.29) is 11.7 Å². The Labute approximate surface area is 117 Å². The first-order chi connectivity index (χ1) is 9.54. The Hall–Kier alpha value is -1.69. The summed E-state index contributed by atoms with van der Waals surface area (Å²) in [6, 6.07) is 2.84. The van der Waals surface area contributed by atoms with Crippen molar-refractivity contribution in [3.8, 4) is 0 Å². The predicted molar refractivity (Wildman–Crippen MR) is 76.7 cm³/mol. The van der Waals surface area contributed by atoms with Crippen molar-refractivity contribution >= 4 is 11.4 Å². The molecule has 0 bridgehead atoms. The normalized spacial score (nSPS) is 18.9. The smallest absolute Gasteiger partial charge is 0.295 e. The van der Waals surface area contributed by atoms with Gasteiger partial charge in [0.25, 0.3) is 5.69 Å². The molecule has 1 atom stereocenters. The van der Waals surface area contributed by atoms with Crippen molar-refractivity contribution in [1.82, 2.24) is 5.32 Å². The van der Waals surface area contributed by atoms with Crippen molar-refractivity contribution in [2.24, 2.45) is 0 Å². The number of hydrogen-bond donors (Lipinski definition) is 1. The molecule has 0 aliphatic carbocycles. The summed E-state index contributed by atoms with van der Waals surface area (Å²) < 4.78 is 13.6. The second-order valence-electron chi connectivity index (χ2n) is 5.13. The summed E-state index contributed by atoms with van der Waals surface area (Å²) in [4.78, 5) is 12.7. The van der Waals surface area contributed by atoms with Gasteiger partial charge < -0.3 is 10.2 Å². The minimum absolute atomic E-state index is 0.152. The number of nitro benzene ring substituents is 1. The first-order valence-electron chi connectivity index (χ1n) is 6.96. The Kier molecular flexibility index (Phi) is 4.54. The zero-order valence-electron chi connectivity index (χ0n) is 11.9. The SMILES string of the molecule is CCN(c1cc(C)c(F)cc1[N+](=O)[O-])C1CCCNC1. The molecule has 0 radical (unpaired) electrons. The fourth-order valence-electron chi connectivity index (χ4n) is 2.76. The molecule has 0 saturated carbocycles. The number of aryl methyl sites for hydroxylation is 1. The van der Waals surface area contributed by atoms with E-state index in [0.717, 1.165) is 32.0 Å². The predicted octanol–water partition coefficient (Wildman–Crippen LogP) is 2.62. The zero-order valence-corrected chi connectivity index (χ0v) is 11.9. The van der Waals surface area contributed by atoms with Gasteiger partial charge in [0.1, 0.15) is 11.5 Å². The van der Waals surface area contributed by atoms with Crippen LogP contribution in [0.25, 0.3) is 0 Å². The molecule has 6 heteroatoms. The van der Waals surface area contributed by atoms with Crippen LogP contribution in [0.15, 0.2) is 12.1 Å². The van der Waals surface area contributed by atoms with E-state index < -0.39 is 10.7 Å². The summed E-state index contributed by atoms with van der Waals surface area (Å²) in [5, 5.41) is 14.5. The number of halogens is 1. The van der Waals surface area contributed by atoms with Crippen molar-refractivity contribution in [3.05, 3.63) is 33.6 Å². The first-order valence-corrected chi connectivity index (χ1v) is 6.96. The number of nitrogens with zero attached hydrogens (tertiary/aromatic N) is 2. The van der Waals surface area contributed by atoms with Gasteiger partial charge in [0.2, 0.25) is 0 Å². The summed E-state index contributed by atoms with van der Waals surface area (Å²) in [5.41, 5.74) is 0.804. The van der Waals surface area contributed by atoms with E-state index in [1.54, 1.807) is 13.0 Å². The van der Waals surface area contributed by atoms with Crippen molar-refractivity contribution in [3.63, 3.8) is 0 Å². The number of likely N-dealkylation sites (N-methyl/N-ethyl adjacent to an activating group) is 1. The highest BCUT2D eigenvalue weighted by Gasteiger charge is 2.27. The molecular weight excluding hydrogens is 261 g/mol. The molecule has 1 N–H and O–H groups in total. The molecule has 1 saturated heterocycles. The lowest BCUT2D eigenvalue weighted by atomic mass is 10.0. The summed E-state index contributed by atoms with van der Waals surface area (Å²) in [7, 11) is 0. The molecule has 1 aliphatic heterocycles. The summed E-state index contributed by atoms with van der Waals surface area (Å²) >= 11 is 0. The Bertz CT molecular complexity index is 501. The highest BCUT2D eigenvalue weighted by Crippen LogP contribution is 2.33. The maximum Gasteiger partial charge on any atom is 0.295 e. The largest absolute Gasteiger partial charge is 0.362 e. The molecule has 1 aromatic rings. The van der Waals surface area contributed by atoms with Gasteiger partial charge in [0.15, 0.2) is 0 Å². The Morgan fingerprint density at radius 2 is 2.30 bits per heavy atom. The summed E-state index contributed by atoms with van der Waals surface area (Å²) in [5.74, 6) is -0.529. The van der Waals surface area contributed by atoms with Crippen LogP contribution in [0.2, 0.25) is 0 Å². The standard InChI is InChI=1S/C14H20FN3O2/c1-3-17(11-5-4-6-16-9-11)13-7-10(2)12(15)8-14(13)18(19)20/h7-8,11,16H,3-6,9H2,1-2H3.